The molecule has 8 heteroatoms. The molecule has 0 saturated heterocycles. The maximum atomic E-state index is 12.3. The molecule has 0 aliphatic heterocycles. The Labute approximate surface area is 161 Å². The molecule has 0 spiro atoms. The summed E-state index contributed by atoms with van der Waals surface area (Å²) in [6.07, 6.45) is 2.87. The van der Waals surface area contributed by atoms with Crippen molar-refractivity contribution >= 4 is 17.7 Å². The highest BCUT2D eigenvalue weighted by Gasteiger charge is 2.13. The number of hydrogen-bond donors (Lipinski definition) is 0. The number of aromatic nitrogens is 2. The first kappa shape index (κ1) is 19.0. The zero-order valence-electron chi connectivity index (χ0n) is 15.4. The Morgan fingerprint density at radius 2 is 2.04 bits per heavy atom. The number of carbonyl (C=O) groups is 1. The number of rotatable bonds is 6. The second-order valence-electron chi connectivity index (χ2n) is 6.26. The quantitative estimate of drug-likeness (QED) is 0.369. The van der Waals surface area contributed by atoms with Crippen LogP contribution in [0.15, 0.2) is 59.1 Å². The molecule has 0 fully saturated rings. The average molecular weight is 378 g/mol. The van der Waals surface area contributed by atoms with Gasteiger partial charge < -0.3 is 9.42 Å². The molecule has 0 aliphatic carbocycles. The fourth-order valence-corrected chi connectivity index (χ4v) is 2.54. The lowest BCUT2D eigenvalue weighted by atomic mass is 10.1. The van der Waals surface area contributed by atoms with Crippen LogP contribution in [0.4, 0.5) is 5.69 Å². The molecule has 0 atom stereocenters. The maximum absolute atomic E-state index is 12.3. The van der Waals surface area contributed by atoms with Crippen molar-refractivity contribution in [3.63, 3.8) is 0 Å². The predicted molar refractivity (Wildman–Crippen MR) is 103 cm³/mol. The smallest absolute Gasteiger partial charge is 0.270 e. The number of likely N-dealkylation sites (N-methyl/N-ethyl adjacent to an activating group) is 1. The Balaban J connectivity index is 1.64. The minimum Gasteiger partial charge on any atom is -0.337 e. The Morgan fingerprint density at radius 1 is 1.25 bits per heavy atom. The lowest BCUT2D eigenvalue weighted by Crippen LogP contribution is -2.24. The van der Waals surface area contributed by atoms with E-state index in [0.717, 1.165) is 11.1 Å². The van der Waals surface area contributed by atoms with Crippen molar-refractivity contribution in [3.8, 4) is 11.4 Å². The first-order valence-corrected chi connectivity index (χ1v) is 8.49. The van der Waals surface area contributed by atoms with Crippen LogP contribution >= 0.6 is 0 Å². The van der Waals surface area contributed by atoms with Crippen LogP contribution in [0.5, 0.6) is 0 Å². The molecule has 2 aromatic carbocycles. The van der Waals surface area contributed by atoms with Crippen molar-refractivity contribution in [3.05, 3.63) is 81.7 Å². The van der Waals surface area contributed by atoms with Crippen molar-refractivity contribution in [2.75, 3.05) is 7.05 Å². The Hall–Kier alpha value is -3.81. The van der Waals surface area contributed by atoms with Crippen molar-refractivity contribution < 1.29 is 14.2 Å². The Kier molecular flexibility index (Phi) is 5.59. The topological polar surface area (TPSA) is 102 Å². The van der Waals surface area contributed by atoms with Gasteiger partial charge in [-0.15, -0.1) is 0 Å². The molecule has 0 radical (unpaired) electrons. The van der Waals surface area contributed by atoms with Gasteiger partial charge in [0.2, 0.25) is 17.6 Å². The molecule has 28 heavy (non-hydrogen) atoms. The van der Waals surface area contributed by atoms with Crippen molar-refractivity contribution in [1.82, 2.24) is 15.0 Å². The second kappa shape index (κ2) is 8.26. The maximum Gasteiger partial charge on any atom is 0.270 e. The van der Waals surface area contributed by atoms with Gasteiger partial charge in [0.25, 0.3) is 5.69 Å². The molecule has 0 bridgehead atoms. The predicted octanol–water partition coefficient (Wildman–Crippen LogP) is 3.63. The highest BCUT2D eigenvalue weighted by molar-refractivity contribution is 5.91. The van der Waals surface area contributed by atoms with Crippen LogP contribution in [0.3, 0.4) is 0 Å². The molecule has 1 aromatic heterocycles. The molecule has 0 saturated carbocycles. The summed E-state index contributed by atoms with van der Waals surface area (Å²) in [5.41, 5.74) is 2.46. The van der Waals surface area contributed by atoms with E-state index in [4.69, 9.17) is 4.52 Å². The van der Waals surface area contributed by atoms with Gasteiger partial charge >= 0.3 is 0 Å². The van der Waals surface area contributed by atoms with Gasteiger partial charge in [0, 0.05) is 30.8 Å². The van der Waals surface area contributed by atoms with E-state index >= 15 is 0 Å². The molecule has 8 nitrogen and oxygen atoms in total. The van der Waals surface area contributed by atoms with Crippen molar-refractivity contribution in [2.24, 2.45) is 0 Å². The Morgan fingerprint density at radius 3 is 2.79 bits per heavy atom. The number of aryl methyl sites for hydroxylation is 1. The Bertz CT molecular complexity index is 1040. The summed E-state index contributed by atoms with van der Waals surface area (Å²) >= 11 is 0. The largest absolute Gasteiger partial charge is 0.337 e. The van der Waals surface area contributed by atoms with Gasteiger partial charge in [-0.3, -0.25) is 14.9 Å². The summed E-state index contributed by atoms with van der Waals surface area (Å²) in [5, 5.41) is 14.8. The summed E-state index contributed by atoms with van der Waals surface area (Å²) < 4.78 is 5.23. The molecule has 142 valence electrons. The first-order chi connectivity index (χ1) is 13.4. The van der Waals surface area contributed by atoms with E-state index in [2.05, 4.69) is 10.1 Å². The van der Waals surface area contributed by atoms with Crippen LogP contribution in [0, 0.1) is 17.0 Å². The van der Waals surface area contributed by atoms with E-state index in [-0.39, 0.29) is 18.1 Å². The molecule has 1 amide bonds. The highest BCUT2D eigenvalue weighted by atomic mass is 16.6. The standard InChI is InChI=1S/C20H18N4O4/c1-14-5-3-7-16(11-14)20-21-18(28-22-20)13-23(2)19(25)10-9-15-6-4-8-17(12-15)24(26)27/h3-12H,13H2,1-2H3/b10-9+. The minimum atomic E-state index is -0.479. The number of nitrogens with zero attached hydrogens (tertiary/aromatic N) is 4. The summed E-state index contributed by atoms with van der Waals surface area (Å²) in [6, 6.07) is 13.8. The number of carbonyl (C=O) groups excluding carboxylic acids is 1. The number of amides is 1. The lowest BCUT2D eigenvalue weighted by molar-refractivity contribution is -0.384. The molecular weight excluding hydrogens is 360 g/mol. The molecule has 3 aromatic rings. The van der Waals surface area contributed by atoms with E-state index < -0.39 is 4.92 Å². The zero-order chi connectivity index (χ0) is 20.1. The van der Waals surface area contributed by atoms with Crippen LogP contribution in [-0.2, 0) is 11.3 Å². The molecule has 1 heterocycles. The molecule has 0 aliphatic rings. The summed E-state index contributed by atoms with van der Waals surface area (Å²) in [7, 11) is 1.61. The number of hydrogen-bond acceptors (Lipinski definition) is 6. The number of nitro benzene ring substituents is 1. The van der Waals surface area contributed by atoms with Crippen LogP contribution in [0.2, 0.25) is 0 Å². The fraction of sp³-hybridized carbons (Fsp3) is 0.150. The van der Waals surface area contributed by atoms with Gasteiger partial charge in [0.05, 0.1) is 11.5 Å². The normalized spacial score (nSPS) is 10.9. The van der Waals surface area contributed by atoms with E-state index in [1.807, 2.05) is 31.2 Å². The van der Waals surface area contributed by atoms with Crippen molar-refractivity contribution in [1.29, 1.82) is 0 Å². The number of benzene rings is 2. The van der Waals surface area contributed by atoms with Crippen LogP contribution in [0.25, 0.3) is 17.5 Å². The van der Waals surface area contributed by atoms with Gasteiger partial charge in [-0.1, -0.05) is 41.1 Å². The average Bonchev–Trinajstić information content (AvgIpc) is 3.14. The van der Waals surface area contributed by atoms with Crippen molar-refractivity contribution in [2.45, 2.75) is 13.5 Å². The third-order valence-corrected chi connectivity index (χ3v) is 3.99. The van der Waals surface area contributed by atoms with Gasteiger partial charge in [-0.25, -0.2) is 0 Å². The van der Waals surface area contributed by atoms with Crippen LogP contribution in [-0.4, -0.2) is 32.9 Å². The van der Waals surface area contributed by atoms with E-state index in [1.165, 1.54) is 29.2 Å². The van der Waals surface area contributed by atoms with Crippen LogP contribution in [0.1, 0.15) is 17.0 Å². The van der Waals surface area contributed by atoms with Gasteiger partial charge in [0.1, 0.15) is 0 Å². The minimum absolute atomic E-state index is 0.0301. The summed E-state index contributed by atoms with van der Waals surface area (Å²) in [6.45, 7) is 2.13. The molecule has 3 rings (SSSR count). The van der Waals surface area contributed by atoms with E-state index in [1.54, 1.807) is 19.2 Å². The monoisotopic (exact) mass is 378 g/mol. The number of non-ortho nitro benzene ring substituents is 1. The van der Waals surface area contributed by atoms with Gasteiger partial charge in [0.15, 0.2) is 0 Å². The van der Waals surface area contributed by atoms with E-state index in [9.17, 15) is 14.9 Å². The first-order valence-electron chi connectivity index (χ1n) is 8.49. The summed E-state index contributed by atoms with van der Waals surface area (Å²) in [4.78, 5) is 28.3. The zero-order valence-corrected chi connectivity index (χ0v) is 15.4. The molecule has 0 unspecified atom stereocenters. The molecule has 0 N–H and O–H groups in total. The van der Waals surface area contributed by atoms with Crippen LogP contribution < -0.4 is 0 Å². The van der Waals surface area contributed by atoms with Gasteiger partial charge in [-0.2, -0.15) is 4.98 Å². The van der Waals surface area contributed by atoms with E-state index in [0.29, 0.717) is 17.3 Å². The second-order valence-corrected chi connectivity index (χ2v) is 6.26. The lowest BCUT2D eigenvalue weighted by Gasteiger charge is -2.11. The SMILES string of the molecule is Cc1cccc(-c2noc(CN(C)C(=O)/C=C/c3cccc([N+](=O)[O-])c3)n2)c1. The number of nitro groups is 1. The highest BCUT2D eigenvalue weighted by Crippen LogP contribution is 2.18. The third-order valence-electron chi connectivity index (χ3n) is 3.99. The fourth-order valence-electron chi connectivity index (χ4n) is 2.54. The third kappa shape index (κ3) is 4.67. The molecular formula is C20H18N4O4. The van der Waals surface area contributed by atoms with Gasteiger partial charge in [-0.05, 0) is 24.6 Å². The summed E-state index contributed by atoms with van der Waals surface area (Å²) in [5.74, 6) is 0.490.